The van der Waals surface area contributed by atoms with Crippen LogP contribution in [0.5, 0.6) is 0 Å². The summed E-state index contributed by atoms with van der Waals surface area (Å²) in [5.74, 6) is -0.351. The van der Waals surface area contributed by atoms with Gasteiger partial charge in [-0.3, -0.25) is 14.1 Å². The highest BCUT2D eigenvalue weighted by Gasteiger charge is 2.16. The van der Waals surface area contributed by atoms with Gasteiger partial charge in [0.05, 0.1) is 4.90 Å². The minimum absolute atomic E-state index is 0.0705. The Labute approximate surface area is 197 Å². The van der Waals surface area contributed by atoms with Gasteiger partial charge in [0, 0.05) is 35.0 Å². The van der Waals surface area contributed by atoms with Crippen molar-refractivity contribution < 1.29 is 13.2 Å². The largest absolute Gasteiger partial charge is 0.337 e. The van der Waals surface area contributed by atoms with Gasteiger partial charge in [0.25, 0.3) is 15.9 Å². The molecule has 3 aromatic carbocycles. The number of carbonyl (C=O) groups excluding carboxylic acids is 1. The predicted octanol–water partition coefficient (Wildman–Crippen LogP) is 5.20. The number of benzene rings is 3. The summed E-state index contributed by atoms with van der Waals surface area (Å²) in [6.07, 6.45) is 3.53. The minimum atomic E-state index is -3.78. The second-order valence-electron chi connectivity index (χ2n) is 7.57. The van der Waals surface area contributed by atoms with E-state index in [1.54, 1.807) is 41.2 Å². The fourth-order valence-electron chi connectivity index (χ4n) is 3.26. The van der Waals surface area contributed by atoms with Gasteiger partial charge in [-0.1, -0.05) is 12.1 Å². The van der Waals surface area contributed by atoms with Crippen molar-refractivity contribution in [2.45, 2.75) is 18.7 Å². The number of hydrogen-bond acceptors (Lipinski definition) is 4. The molecule has 0 radical (unpaired) electrons. The van der Waals surface area contributed by atoms with Gasteiger partial charge in [0.2, 0.25) is 0 Å². The minimum Gasteiger partial charge on any atom is -0.337 e. The summed E-state index contributed by atoms with van der Waals surface area (Å²) in [7, 11) is -3.78. The molecule has 0 saturated heterocycles. The fraction of sp³-hybridized carbons (Fsp3) is 0.0833. The Morgan fingerprint density at radius 2 is 1.70 bits per heavy atom. The van der Waals surface area contributed by atoms with Gasteiger partial charge >= 0.3 is 0 Å². The van der Waals surface area contributed by atoms with Gasteiger partial charge in [-0.25, -0.2) is 8.42 Å². The molecule has 0 atom stereocenters. The molecule has 33 heavy (non-hydrogen) atoms. The van der Waals surface area contributed by atoms with E-state index in [9.17, 15) is 13.2 Å². The van der Waals surface area contributed by atoms with Crippen LogP contribution < -0.4 is 10.0 Å². The maximum absolute atomic E-state index is 12.7. The maximum Gasteiger partial charge on any atom is 0.261 e. The van der Waals surface area contributed by atoms with Gasteiger partial charge in [-0.15, -0.1) is 0 Å². The molecule has 4 aromatic rings. The average Bonchev–Trinajstić information content (AvgIpc) is 3.22. The molecule has 0 fully saturated rings. The Balaban J connectivity index is 1.49. The number of hydrogen-bond donors (Lipinski definition) is 3. The van der Waals surface area contributed by atoms with Crippen LogP contribution >= 0.6 is 12.2 Å². The van der Waals surface area contributed by atoms with Gasteiger partial charge in [-0.2, -0.15) is 0 Å². The number of imidazole rings is 1. The van der Waals surface area contributed by atoms with E-state index in [0.717, 1.165) is 16.8 Å². The Morgan fingerprint density at radius 3 is 2.36 bits per heavy atom. The summed E-state index contributed by atoms with van der Waals surface area (Å²) < 4.78 is 30.3. The highest BCUT2D eigenvalue weighted by atomic mass is 32.2. The van der Waals surface area contributed by atoms with Gasteiger partial charge in [0.1, 0.15) is 0 Å². The van der Waals surface area contributed by atoms with Crippen molar-refractivity contribution in [3.05, 3.63) is 101 Å². The number of sulfonamides is 1. The first-order chi connectivity index (χ1) is 15.7. The number of aryl methyl sites for hydroxylation is 2. The zero-order valence-electron chi connectivity index (χ0n) is 18.0. The Hall–Kier alpha value is -3.69. The molecular formula is C24H22N4O3S2. The number of anilines is 2. The van der Waals surface area contributed by atoms with Crippen LogP contribution in [-0.4, -0.2) is 23.9 Å². The lowest BCUT2D eigenvalue weighted by atomic mass is 10.1. The third kappa shape index (κ3) is 5.05. The van der Waals surface area contributed by atoms with Crippen LogP contribution in [0.25, 0.3) is 5.69 Å². The van der Waals surface area contributed by atoms with Gasteiger partial charge < -0.3 is 10.3 Å². The molecule has 168 valence electrons. The molecule has 9 heteroatoms. The van der Waals surface area contributed by atoms with Crippen LogP contribution in [0.15, 0.2) is 84.0 Å². The van der Waals surface area contributed by atoms with Crippen LogP contribution in [0.3, 0.4) is 0 Å². The summed E-state index contributed by atoms with van der Waals surface area (Å²) in [6.45, 7) is 3.88. The van der Waals surface area contributed by atoms with Crippen molar-refractivity contribution in [3.8, 4) is 5.69 Å². The van der Waals surface area contributed by atoms with Crippen molar-refractivity contribution >= 4 is 39.5 Å². The molecule has 0 aliphatic heterocycles. The van der Waals surface area contributed by atoms with Crippen LogP contribution in [0.4, 0.5) is 11.4 Å². The Kier molecular flexibility index (Phi) is 6.17. The standard InChI is InChI=1S/C24H22N4O3S2/c1-16-6-9-20(14-17(16)2)27-33(30,31)22-10-7-18(8-11-22)23(29)26-19-4-3-5-21(15-19)28-13-12-25-24(28)32/h3-15,27H,1-2H3,(H,25,32)(H,26,29). The van der Waals surface area contributed by atoms with Crippen LogP contribution in [-0.2, 0) is 10.0 Å². The van der Waals surface area contributed by atoms with E-state index >= 15 is 0 Å². The van der Waals surface area contributed by atoms with Crippen LogP contribution in [0.1, 0.15) is 21.5 Å². The van der Waals surface area contributed by atoms with E-state index in [0.29, 0.717) is 21.7 Å². The van der Waals surface area contributed by atoms with E-state index in [1.807, 2.05) is 32.0 Å². The van der Waals surface area contributed by atoms with Crippen molar-refractivity contribution in [2.24, 2.45) is 0 Å². The van der Waals surface area contributed by atoms with E-state index in [1.165, 1.54) is 24.3 Å². The molecule has 0 aliphatic rings. The van der Waals surface area contributed by atoms with Gasteiger partial charge in [0.15, 0.2) is 4.77 Å². The number of aromatic amines is 1. The summed E-state index contributed by atoms with van der Waals surface area (Å²) in [4.78, 5) is 15.7. The first-order valence-electron chi connectivity index (χ1n) is 10.1. The van der Waals surface area contributed by atoms with Crippen molar-refractivity contribution in [3.63, 3.8) is 0 Å². The number of amides is 1. The number of carbonyl (C=O) groups is 1. The second kappa shape index (κ2) is 9.05. The molecule has 1 aromatic heterocycles. The number of H-pyrrole nitrogens is 1. The monoisotopic (exact) mass is 478 g/mol. The molecule has 3 N–H and O–H groups in total. The van der Waals surface area contributed by atoms with E-state index in [-0.39, 0.29) is 10.8 Å². The highest BCUT2D eigenvalue weighted by Crippen LogP contribution is 2.20. The highest BCUT2D eigenvalue weighted by molar-refractivity contribution is 7.92. The Bertz CT molecular complexity index is 1490. The second-order valence-corrected chi connectivity index (χ2v) is 9.64. The van der Waals surface area contributed by atoms with E-state index < -0.39 is 10.0 Å². The molecule has 0 unspecified atom stereocenters. The molecule has 1 heterocycles. The van der Waals surface area contributed by atoms with Crippen LogP contribution in [0, 0.1) is 18.6 Å². The lowest BCUT2D eigenvalue weighted by Gasteiger charge is -2.11. The zero-order chi connectivity index (χ0) is 23.6. The van der Waals surface area contributed by atoms with Crippen molar-refractivity contribution in [1.29, 1.82) is 0 Å². The third-order valence-electron chi connectivity index (χ3n) is 5.22. The smallest absolute Gasteiger partial charge is 0.261 e. The molecule has 0 spiro atoms. The topological polar surface area (TPSA) is 96.0 Å². The molecule has 7 nitrogen and oxygen atoms in total. The normalized spacial score (nSPS) is 11.2. The summed E-state index contributed by atoms with van der Waals surface area (Å²) in [5, 5.41) is 2.83. The van der Waals surface area contributed by atoms with Gasteiger partial charge in [-0.05, 0) is 91.8 Å². The lowest BCUT2D eigenvalue weighted by molar-refractivity contribution is 0.102. The maximum atomic E-state index is 12.7. The quantitative estimate of drug-likeness (QED) is 0.332. The fourth-order valence-corrected chi connectivity index (χ4v) is 4.55. The van der Waals surface area contributed by atoms with Crippen LogP contribution in [0.2, 0.25) is 0 Å². The number of rotatable bonds is 6. The molecular weight excluding hydrogens is 456 g/mol. The summed E-state index contributed by atoms with van der Waals surface area (Å²) in [5.41, 5.74) is 4.29. The zero-order valence-corrected chi connectivity index (χ0v) is 19.6. The first kappa shape index (κ1) is 22.5. The van der Waals surface area contributed by atoms with E-state index in [4.69, 9.17) is 12.2 Å². The Morgan fingerprint density at radius 1 is 0.939 bits per heavy atom. The molecule has 0 aliphatic carbocycles. The molecule has 0 saturated carbocycles. The van der Waals surface area contributed by atoms with Crippen molar-refractivity contribution in [1.82, 2.24) is 9.55 Å². The number of nitrogens with one attached hydrogen (secondary N) is 3. The van der Waals surface area contributed by atoms with E-state index in [2.05, 4.69) is 15.0 Å². The lowest BCUT2D eigenvalue weighted by Crippen LogP contribution is -2.15. The number of aromatic nitrogens is 2. The molecule has 1 amide bonds. The summed E-state index contributed by atoms with van der Waals surface area (Å²) >= 11 is 5.24. The molecule has 0 bridgehead atoms. The first-order valence-corrected chi connectivity index (χ1v) is 12.0. The summed E-state index contributed by atoms with van der Waals surface area (Å²) in [6, 6.07) is 18.4. The predicted molar refractivity (Wildman–Crippen MR) is 132 cm³/mol. The number of nitrogens with zero attached hydrogens (tertiary/aromatic N) is 1. The third-order valence-corrected chi connectivity index (χ3v) is 6.93. The average molecular weight is 479 g/mol. The van der Waals surface area contributed by atoms with Crippen molar-refractivity contribution in [2.75, 3.05) is 10.0 Å². The molecule has 4 rings (SSSR count). The SMILES string of the molecule is Cc1ccc(NS(=O)(=O)c2ccc(C(=O)Nc3cccc(-n4cc[nH]c4=S)c3)cc2)cc1C.